The van der Waals surface area contributed by atoms with Crippen molar-refractivity contribution >= 4 is 21.5 Å². The Balaban J connectivity index is 1.35. The summed E-state index contributed by atoms with van der Waals surface area (Å²) in [4.78, 5) is 9.30. The van der Waals surface area contributed by atoms with E-state index in [2.05, 4.69) is 132 Å². The molecule has 0 fully saturated rings. The summed E-state index contributed by atoms with van der Waals surface area (Å²) in [6, 6.07) is 52.2. The predicted octanol–water partition coefficient (Wildman–Crippen LogP) is 11.1. The molecule has 1 aliphatic carbocycles. The number of benzene rings is 6. The molecular formula is C42H26N2. The molecule has 8 aromatic rings. The third-order valence-corrected chi connectivity index (χ3v) is 8.92. The molecule has 1 aliphatic rings. The first-order chi connectivity index (χ1) is 21.9. The second-order valence-corrected chi connectivity index (χ2v) is 11.3. The molecule has 0 unspecified atom stereocenters. The van der Waals surface area contributed by atoms with Gasteiger partial charge >= 0.3 is 0 Å². The molecule has 0 amide bonds. The fourth-order valence-electron chi connectivity index (χ4n) is 7.08. The van der Waals surface area contributed by atoms with Crippen LogP contribution in [0.25, 0.3) is 88.6 Å². The summed E-state index contributed by atoms with van der Waals surface area (Å²) in [5, 5.41) is 5.09. The van der Waals surface area contributed by atoms with E-state index >= 15 is 0 Å². The van der Waals surface area contributed by atoms with Gasteiger partial charge in [0.1, 0.15) is 0 Å². The standard InChI is InChI=1S/C42H26N2/c1-3-12-27(13-4-1)38-32-16-7-8-17-33(32)39(28-14-5-2-6-15-28)42-35-23-22-30(31-18-11-19-34(40(31)35)41(38)42)29-21-24-37(44-26-29)36-20-9-10-25-43-36/h1-26H. The van der Waals surface area contributed by atoms with Crippen molar-refractivity contribution in [2.24, 2.45) is 0 Å². The second-order valence-electron chi connectivity index (χ2n) is 11.3. The van der Waals surface area contributed by atoms with Gasteiger partial charge in [0.15, 0.2) is 0 Å². The van der Waals surface area contributed by atoms with Crippen LogP contribution < -0.4 is 0 Å². The Labute approximate surface area is 256 Å². The van der Waals surface area contributed by atoms with Gasteiger partial charge in [-0.05, 0) is 89.8 Å². The Morgan fingerprint density at radius 3 is 1.50 bits per heavy atom. The summed E-state index contributed by atoms with van der Waals surface area (Å²) in [5.74, 6) is 0. The average molecular weight is 559 g/mol. The third-order valence-electron chi connectivity index (χ3n) is 8.92. The molecule has 204 valence electrons. The summed E-state index contributed by atoms with van der Waals surface area (Å²) in [6.45, 7) is 0. The molecule has 0 radical (unpaired) electrons. The summed E-state index contributed by atoms with van der Waals surface area (Å²) in [7, 11) is 0. The Morgan fingerprint density at radius 2 is 0.886 bits per heavy atom. The Kier molecular flexibility index (Phi) is 5.54. The fourth-order valence-corrected chi connectivity index (χ4v) is 7.08. The number of hydrogen-bond donors (Lipinski definition) is 0. The lowest BCUT2D eigenvalue weighted by atomic mass is 9.82. The van der Waals surface area contributed by atoms with Crippen molar-refractivity contribution in [1.29, 1.82) is 0 Å². The van der Waals surface area contributed by atoms with Crippen LogP contribution in [0.15, 0.2) is 158 Å². The molecule has 6 aromatic carbocycles. The van der Waals surface area contributed by atoms with Crippen LogP contribution in [0.5, 0.6) is 0 Å². The van der Waals surface area contributed by atoms with Crippen LogP contribution in [0.3, 0.4) is 0 Å². The summed E-state index contributed by atoms with van der Waals surface area (Å²) < 4.78 is 0. The number of pyridine rings is 2. The van der Waals surface area contributed by atoms with E-state index in [0.29, 0.717) is 0 Å². The normalized spacial score (nSPS) is 11.6. The maximum absolute atomic E-state index is 4.81. The van der Waals surface area contributed by atoms with Gasteiger partial charge in [0.2, 0.25) is 0 Å². The molecule has 0 bridgehead atoms. The largest absolute Gasteiger partial charge is 0.255 e. The molecule has 2 nitrogen and oxygen atoms in total. The van der Waals surface area contributed by atoms with Gasteiger partial charge in [-0.15, -0.1) is 0 Å². The zero-order valence-electron chi connectivity index (χ0n) is 23.9. The SMILES string of the molecule is c1ccc(-c2c3c(c(-c4ccccc4)c4ccccc24)-c2ccc(-c4ccc(-c5ccccn5)nc4)c4cccc-3c24)cc1. The Hall–Kier alpha value is -5.86. The minimum absolute atomic E-state index is 0.874. The summed E-state index contributed by atoms with van der Waals surface area (Å²) >= 11 is 0. The highest BCUT2D eigenvalue weighted by Crippen LogP contribution is 2.58. The summed E-state index contributed by atoms with van der Waals surface area (Å²) in [6.07, 6.45) is 3.79. The molecule has 2 heterocycles. The van der Waals surface area contributed by atoms with Crippen molar-refractivity contribution in [1.82, 2.24) is 9.97 Å². The van der Waals surface area contributed by atoms with Crippen molar-refractivity contribution in [3.63, 3.8) is 0 Å². The quantitative estimate of drug-likeness (QED) is 0.215. The van der Waals surface area contributed by atoms with Crippen LogP contribution in [0.1, 0.15) is 0 Å². The van der Waals surface area contributed by atoms with E-state index in [0.717, 1.165) is 17.0 Å². The van der Waals surface area contributed by atoms with Gasteiger partial charge in [-0.2, -0.15) is 0 Å². The first-order valence-electron chi connectivity index (χ1n) is 15.0. The van der Waals surface area contributed by atoms with Crippen LogP contribution in [0.2, 0.25) is 0 Å². The number of nitrogens with zero attached hydrogens (tertiary/aromatic N) is 2. The summed E-state index contributed by atoms with van der Waals surface area (Å²) in [5.41, 5.74) is 14.3. The van der Waals surface area contributed by atoms with E-state index in [1.165, 1.54) is 71.6 Å². The molecule has 9 rings (SSSR count). The first kappa shape index (κ1) is 24.7. The van der Waals surface area contributed by atoms with Crippen molar-refractivity contribution in [2.45, 2.75) is 0 Å². The van der Waals surface area contributed by atoms with Gasteiger partial charge in [-0.3, -0.25) is 9.97 Å². The maximum Gasteiger partial charge on any atom is 0.0886 e. The smallest absolute Gasteiger partial charge is 0.0886 e. The van der Waals surface area contributed by atoms with Gasteiger partial charge in [0.05, 0.1) is 11.4 Å². The molecule has 2 heteroatoms. The maximum atomic E-state index is 4.81. The van der Waals surface area contributed by atoms with Gasteiger partial charge in [0.25, 0.3) is 0 Å². The van der Waals surface area contributed by atoms with E-state index in [9.17, 15) is 0 Å². The van der Waals surface area contributed by atoms with Crippen LogP contribution in [-0.4, -0.2) is 9.97 Å². The van der Waals surface area contributed by atoms with Crippen molar-refractivity contribution in [2.75, 3.05) is 0 Å². The number of hydrogen-bond acceptors (Lipinski definition) is 2. The fraction of sp³-hybridized carbons (Fsp3) is 0. The minimum Gasteiger partial charge on any atom is -0.255 e. The van der Waals surface area contributed by atoms with Crippen LogP contribution in [0, 0.1) is 0 Å². The lowest BCUT2D eigenvalue weighted by Crippen LogP contribution is -1.93. The van der Waals surface area contributed by atoms with E-state index in [1.54, 1.807) is 0 Å². The molecule has 0 saturated heterocycles. The van der Waals surface area contributed by atoms with Gasteiger partial charge in [-0.1, -0.05) is 127 Å². The van der Waals surface area contributed by atoms with E-state index in [4.69, 9.17) is 4.98 Å². The number of aromatic nitrogens is 2. The lowest BCUT2D eigenvalue weighted by molar-refractivity contribution is 1.25. The molecule has 0 spiro atoms. The van der Waals surface area contributed by atoms with Gasteiger partial charge < -0.3 is 0 Å². The molecule has 2 aromatic heterocycles. The number of fused-ring (bicyclic) bond motifs is 4. The third kappa shape index (κ3) is 3.68. The molecular weight excluding hydrogens is 532 g/mol. The molecule has 0 saturated carbocycles. The molecule has 0 atom stereocenters. The zero-order valence-corrected chi connectivity index (χ0v) is 23.9. The van der Waals surface area contributed by atoms with E-state index in [-0.39, 0.29) is 0 Å². The molecule has 0 N–H and O–H groups in total. The Morgan fingerprint density at radius 1 is 0.318 bits per heavy atom. The predicted molar refractivity (Wildman–Crippen MR) is 183 cm³/mol. The highest BCUT2D eigenvalue weighted by Gasteiger charge is 2.31. The lowest BCUT2D eigenvalue weighted by Gasteiger charge is -2.20. The minimum atomic E-state index is 0.874. The monoisotopic (exact) mass is 558 g/mol. The van der Waals surface area contributed by atoms with Crippen molar-refractivity contribution in [3.8, 4) is 67.0 Å². The van der Waals surface area contributed by atoms with E-state index in [1.807, 2.05) is 30.6 Å². The first-order valence-corrected chi connectivity index (χ1v) is 15.0. The molecule has 44 heavy (non-hydrogen) atoms. The van der Waals surface area contributed by atoms with E-state index < -0.39 is 0 Å². The van der Waals surface area contributed by atoms with Crippen molar-refractivity contribution in [3.05, 3.63) is 158 Å². The van der Waals surface area contributed by atoms with Crippen LogP contribution in [0.4, 0.5) is 0 Å². The Bertz CT molecular complexity index is 2250. The topological polar surface area (TPSA) is 25.8 Å². The highest BCUT2D eigenvalue weighted by molar-refractivity contribution is 6.28. The second kappa shape index (κ2) is 9.86. The molecule has 0 aliphatic heterocycles. The number of rotatable bonds is 4. The highest BCUT2D eigenvalue weighted by atomic mass is 14.8. The van der Waals surface area contributed by atoms with Gasteiger partial charge in [0, 0.05) is 18.0 Å². The van der Waals surface area contributed by atoms with Gasteiger partial charge in [-0.25, -0.2) is 0 Å². The van der Waals surface area contributed by atoms with Crippen molar-refractivity contribution < 1.29 is 0 Å². The average Bonchev–Trinajstić information content (AvgIpc) is 3.43. The van der Waals surface area contributed by atoms with Crippen LogP contribution >= 0.6 is 0 Å². The van der Waals surface area contributed by atoms with Crippen LogP contribution in [-0.2, 0) is 0 Å². The zero-order chi connectivity index (χ0) is 29.0.